The van der Waals surface area contributed by atoms with Crippen molar-refractivity contribution in [3.63, 3.8) is 0 Å². The Morgan fingerprint density at radius 1 is 0.944 bits per heavy atom. The Balaban J connectivity index is 1.51. The van der Waals surface area contributed by atoms with Crippen LogP contribution in [0.1, 0.15) is 47.1 Å². The lowest BCUT2D eigenvalue weighted by molar-refractivity contribution is 0.0968. The molecule has 36 heavy (non-hydrogen) atoms. The van der Waals surface area contributed by atoms with Crippen LogP contribution in [0.2, 0.25) is 0 Å². The van der Waals surface area contributed by atoms with Crippen LogP contribution in [0.15, 0.2) is 60.7 Å². The van der Waals surface area contributed by atoms with Crippen LogP contribution in [0.25, 0.3) is 11.1 Å². The van der Waals surface area contributed by atoms with Crippen LogP contribution in [0.5, 0.6) is 5.75 Å². The number of ether oxygens (including phenoxy) is 1. The zero-order valence-electron chi connectivity index (χ0n) is 20.7. The highest BCUT2D eigenvalue weighted by Crippen LogP contribution is 2.43. The average Bonchev–Trinajstić information content (AvgIpc) is 3.05. The summed E-state index contributed by atoms with van der Waals surface area (Å²) in [7, 11) is 1.68. The van der Waals surface area contributed by atoms with Crippen LogP contribution in [0.4, 0.5) is 13.2 Å². The fourth-order valence-corrected chi connectivity index (χ4v) is 5.72. The van der Waals surface area contributed by atoms with E-state index in [1.807, 2.05) is 12.1 Å². The molecule has 0 radical (unpaired) electrons. The lowest BCUT2D eigenvalue weighted by atomic mass is 9.86. The Hall–Kier alpha value is -3.05. The number of likely N-dealkylation sites (tertiary alicyclic amines) is 1. The number of hydrogen-bond acceptors (Lipinski definition) is 2. The topological polar surface area (TPSA) is 12.5 Å². The standard InChI is InChI=1S/C31H32F3NO/c1-36-30-8-3-7-28-26(30)5-2-6-27(25-14-13-24(33)18-29(25)34)31(28)23-11-9-21(10-12-23)17-22-19-35(20-22)16-4-15-32/h3,7-14,18,22H,2,4-6,15-17,19-20H2,1H3. The molecular weight excluding hydrogens is 459 g/mol. The van der Waals surface area contributed by atoms with Gasteiger partial charge in [0.2, 0.25) is 0 Å². The van der Waals surface area contributed by atoms with Gasteiger partial charge in [-0.15, -0.1) is 0 Å². The molecule has 0 amide bonds. The Kier molecular flexibility index (Phi) is 7.47. The first-order chi connectivity index (χ1) is 17.6. The lowest BCUT2D eigenvalue weighted by Crippen LogP contribution is -2.47. The molecule has 2 aliphatic rings. The van der Waals surface area contributed by atoms with Crippen molar-refractivity contribution in [3.8, 4) is 5.75 Å². The molecule has 3 aromatic carbocycles. The van der Waals surface area contributed by atoms with E-state index in [0.717, 1.165) is 78.5 Å². The minimum absolute atomic E-state index is 0.253. The Morgan fingerprint density at radius 3 is 2.47 bits per heavy atom. The molecule has 1 heterocycles. The summed E-state index contributed by atoms with van der Waals surface area (Å²) < 4.78 is 46.8. The number of hydrogen-bond donors (Lipinski definition) is 0. The maximum atomic E-state index is 15.0. The van der Waals surface area contributed by atoms with Crippen molar-refractivity contribution in [3.05, 3.63) is 100 Å². The fraction of sp³-hybridized carbons (Fsp3) is 0.355. The first kappa shape index (κ1) is 24.6. The molecule has 0 spiro atoms. The second-order valence-electron chi connectivity index (χ2n) is 9.89. The number of allylic oxidation sites excluding steroid dienone is 1. The predicted molar refractivity (Wildman–Crippen MR) is 139 cm³/mol. The molecule has 0 aromatic heterocycles. The van der Waals surface area contributed by atoms with Gasteiger partial charge in [0.05, 0.1) is 13.8 Å². The SMILES string of the molecule is COc1cccc2c1CCCC(c1ccc(F)cc1F)=C2c1ccc(CC2CN(CCCF)C2)cc1. The Labute approximate surface area is 211 Å². The Bertz CT molecular complexity index is 1250. The maximum Gasteiger partial charge on any atom is 0.133 e. The number of rotatable bonds is 8. The summed E-state index contributed by atoms with van der Waals surface area (Å²) >= 11 is 0. The number of methoxy groups -OCH3 is 1. The molecule has 1 saturated heterocycles. The third kappa shape index (κ3) is 5.08. The molecule has 5 rings (SSSR count). The van der Waals surface area contributed by atoms with Crippen molar-refractivity contribution in [2.24, 2.45) is 5.92 Å². The van der Waals surface area contributed by atoms with Crippen molar-refractivity contribution >= 4 is 11.1 Å². The summed E-state index contributed by atoms with van der Waals surface area (Å²) in [4.78, 5) is 2.31. The molecule has 0 bridgehead atoms. The van der Waals surface area contributed by atoms with Crippen LogP contribution in [0, 0.1) is 17.6 Å². The van der Waals surface area contributed by atoms with Gasteiger partial charge in [-0.1, -0.05) is 36.4 Å². The zero-order chi connectivity index (χ0) is 25.1. The summed E-state index contributed by atoms with van der Waals surface area (Å²) in [6.45, 7) is 2.63. The normalized spacial score (nSPS) is 16.4. The number of halogens is 3. The molecular formula is C31H32F3NO. The molecule has 0 unspecified atom stereocenters. The van der Waals surface area contributed by atoms with Gasteiger partial charge in [0.25, 0.3) is 0 Å². The van der Waals surface area contributed by atoms with Crippen molar-refractivity contribution in [1.82, 2.24) is 4.90 Å². The molecule has 1 aliphatic carbocycles. The molecule has 0 atom stereocenters. The maximum absolute atomic E-state index is 15.0. The summed E-state index contributed by atoms with van der Waals surface area (Å²) in [5.74, 6) is 0.330. The molecule has 1 aliphatic heterocycles. The van der Waals surface area contributed by atoms with Crippen LogP contribution in [0.3, 0.4) is 0 Å². The van der Waals surface area contributed by atoms with Crippen molar-refractivity contribution < 1.29 is 17.9 Å². The second-order valence-corrected chi connectivity index (χ2v) is 9.89. The van der Waals surface area contributed by atoms with E-state index in [1.54, 1.807) is 13.2 Å². The lowest BCUT2D eigenvalue weighted by Gasteiger charge is -2.39. The van der Waals surface area contributed by atoms with Crippen LogP contribution in [-0.4, -0.2) is 38.3 Å². The smallest absolute Gasteiger partial charge is 0.133 e. The minimum Gasteiger partial charge on any atom is -0.496 e. The van der Waals surface area contributed by atoms with Crippen LogP contribution >= 0.6 is 0 Å². The van der Waals surface area contributed by atoms with Crippen molar-refractivity contribution in [2.45, 2.75) is 32.1 Å². The molecule has 1 fully saturated rings. The van der Waals surface area contributed by atoms with E-state index in [1.165, 1.54) is 11.6 Å². The second kappa shape index (κ2) is 10.9. The van der Waals surface area contributed by atoms with Gasteiger partial charge in [-0.2, -0.15) is 0 Å². The van der Waals surface area contributed by atoms with Gasteiger partial charge in [0, 0.05) is 36.8 Å². The van der Waals surface area contributed by atoms with Gasteiger partial charge in [-0.3, -0.25) is 4.39 Å². The van der Waals surface area contributed by atoms with Crippen molar-refractivity contribution in [1.29, 1.82) is 0 Å². The first-order valence-electron chi connectivity index (χ1n) is 12.8. The average molecular weight is 492 g/mol. The van der Waals surface area contributed by atoms with E-state index in [4.69, 9.17) is 4.74 Å². The number of nitrogens with zero attached hydrogens (tertiary/aromatic N) is 1. The number of fused-ring (bicyclic) bond motifs is 1. The summed E-state index contributed by atoms with van der Waals surface area (Å²) in [5.41, 5.74) is 6.79. The minimum atomic E-state index is -0.572. The summed E-state index contributed by atoms with van der Waals surface area (Å²) in [5, 5.41) is 0. The fourth-order valence-electron chi connectivity index (χ4n) is 5.72. The third-order valence-corrected chi connectivity index (χ3v) is 7.44. The highest BCUT2D eigenvalue weighted by atomic mass is 19.1. The monoisotopic (exact) mass is 491 g/mol. The predicted octanol–water partition coefficient (Wildman–Crippen LogP) is 7.10. The van der Waals surface area contributed by atoms with Gasteiger partial charge < -0.3 is 9.64 Å². The Morgan fingerprint density at radius 2 is 1.75 bits per heavy atom. The van der Waals surface area contributed by atoms with Gasteiger partial charge in [0.15, 0.2) is 0 Å². The summed E-state index contributed by atoms with van der Waals surface area (Å²) in [6, 6.07) is 18.5. The summed E-state index contributed by atoms with van der Waals surface area (Å²) in [6.07, 6.45) is 3.97. The quantitative estimate of drug-likeness (QED) is 0.333. The van der Waals surface area contributed by atoms with Crippen LogP contribution in [-0.2, 0) is 12.8 Å². The van der Waals surface area contributed by atoms with Gasteiger partial charge >= 0.3 is 0 Å². The molecule has 2 nitrogen and oxygen atoms in total. The highest BCUT2D eigenvalue weighted by Gasteiger charge is 2.27. The number of alkyl halides is 1. The highest BCUT2D eigenvalue weighted by molar-refractivity contribution is 6.00. The van der Waals surface area contributed by atoms with Crippen molar-refractivity contribution in [2.75, 3.05) is 33.4 Å². The van der Waals surface area contributed by atoms with E-state index in [-0.39, 0.29) is 6.67 Å². The van der Waals surface area contributed by atoms with E-state index >= 15 is 4.39 Å². The molecule has 3 aromatic rings. The zero-order valence-corrected chi connectivity index (χ0v) is 20.7. The largest absolute Gasteiger partial charge is 0.496 e. The van der Waals surface area contributed by atoms with E-state index in [0.29, 0.717) is 24.3 Å². The molecule has 5 heteroatoms. The number of benzene rings is 3. The van der Waals surface area contributed by atoms with E-state index in [9.17, 15) is 8.78 Å². The van der Waals surface area contributed by atoms with Gasteiger partial charge in [0.1, 0.15) is 17.4 Å². The third-order valence-electron chi connectivity index (χ3n) is 7.44. The van der Waals surface area contributed by atoms with E-state index in [2.05, 4.69) is 35.2 Å². The molecule has 0 N–H and O–H groups in total. The van der Waals surface area contributed by atoms with Gasteiger partial charge in [-0.25, -0.2) is 8.78 Å². The van der Waals surface area contributed by atoms with Gasteiger partial charge in [-0.05, 0) is 84.1 Å². The van der Waals surface area contributed by atoms with Crippen LogP contribution < -0.4 is 4.74 Å². The van der Waals surface area contributed by atoms with E-state index < -0.39 is 11.6 Å². The molecule has 0 saturated carbocycles. The molecule has 188 valence electrons. The first-order valence-corrected chi connectivity index (χ1v) is 12.8.